The zero-order valence-corrected chi connectivity index (χ0v) is 18.2. The lowest BCUT2D eigenvalue weighted by Crippen LogP contribution is -2.23. The quantitative estimate of drug-likeness (QED) is 0.435. The van der Waals surface area contributed by atoms with Gasteiger partial charge >= 0.3 is 6.18 Å². The van der Waals surface area contributed by atoms with Gasteiger partial charge in [-0.05, 0) is 48.7 Å². The van der Waals surface area contributed by atoms with Crippen molar-refractivity contribution in [3.8, 4) is 5.75 Å². The van der Waals surface area contributed by atoms with Crippen molar-refractivity contribution in [1.82, 2.24) is 0 Å². The number of benzene rings is 2. The topological polar surface area (TPSA) is 20.2 Å². The minimum absolute atomic E-state index is 0.142. The van der Waals surface area contributed by atoms with Crippen LogP contribution in [0.4, 0.5) is 13.2 Å². The number of phenolic OH excluding ortho intramolecular Hbond substituents is 1. The lowest BCUT2D eigenvalue weighted by Gasteiger charge is -2.32. The molecule has 2 rings (SSSR count). The molecule has 2 aromatic rings. The summed E-state index contributed by atoms with van der Waals surface area (Å²) in [5.41, 5.74) is 1.67. The Morgan fingerprint density at radius 1 is 0.964 bits per heavy atom. The highest BCUT2D eigenvalue weighted by Crippen LogP contribution is 2.49. The third-order valence-electron chi connectivity index (χ3n) is 4.85. The van der Waals surface area contributed by atoms with Gasteiger partial charge in [0, 0.05) is 10.7 Å². The summed E-state index contributed by atoms with van der Waals surface area (Å²) < 4.78 is 40.5. The molecule has 0 aliphatic heterocycles. The standard InChI is InChI=1S/C23H28F3OP/c1-7-12-22(6,28-19-11-9-8-10-17(19)23(24,25)26)18-14-16(21(3,4)5)13-15(2)20(18)27/h7-14,27-28H,1-6H3/b12-7+. The largest absolute Gasteiger partial charge is 0.507 e. The highest BCUT2D eigenvalue weighted by atomic mass is 31.1. The molecule has 5 heteroatoms. The van der Waals surface area contributed by atoms with Crippen molar-refractivity contribution in [2.75, 3.05) is 0 Å². The van der Waals surface area contributed by atoms with Gasteiger partial charge in [0.1, 0.15) is 5.75 Å². The van der Waals surface area contributed by atoms with E-state index in [9.17, 15) is 18.3 Å². The van der Waals surface area contributed by atoms with E-state index < -0.39 is 16.9 Å². The van der Waals surface area contributed by atoms with Crippen molar-refractivity contribution < 1.29 is 18.3 Å². The molecule has 2 atom stereocenters. The van der Waals surface area contributed by atoms with Gasteiger partial charge in [-0.2, -0.15) is 13.2 Å². The molecule has 0 heterocycles. The van der Waals surface area contributed by atoms with Crippen molar-refractivity contribution >= 4 is 13.9 Å². The monoisotopic (exact) mass is 408 g/mol. The fraction of sp³-hybridized carbons (Fsp3) is 0.391. The van der Waals surface area contributed by atoms with E-state index in [0.717, 1.165) is 17.2 Å². The Morgan fingerprint density at radius 3 is 2.11 bits per heavy atom. The highest BCUT2D eigenvalue weighted by molar-refractivity contribution is 7.49. The summed E-state index contributed by atoms with van der Waals surface area (Å²) in [7, 11) is -0.189. The fourth-order valence-electron chi connectivity index (χ4n) is 3.26. The van der Waals surface area contributed by atoms with Crippen LogP contribution in [0, 0.1) is 6.92 Å². The van der Waals surface area contributed by atoms with Gasteiger partial charge in [0.2, 0.25) is 0 Å². The lowest BCUT2D eigenvalue weighted by molar-refractivity contribution is -0.136. The number of phenols is 1. The number of halogens is 3. The van der Waals surface area contributed by atoms with Crippen molar-refractivity contribution in [3.05, 3.63) is 70.8 Å². The Bertz CT molecular complexity index is 878. The number of alkyl halides is 3. The molecule has 0 bridgehead atoms. The van der Waals surface area contributed by atoms with Crippen LogP contribution >= 0.6 is 8.58 Å². The number of hydrogen-bond donors (Lipinski definition) is 1. The van der Waals surface area contributed by atoms with Gasteiger partial charge in [-0.25, -0.2) is 0 Å². The molecule has 1 N–H and O–H groups in total. The summed E-state index contributed by atoms with van der Waals surface area (Å²) in [5.74, 6) is 0.144. The number of rotatable bonds is 4. The van der Waals surface area contributed by atoms with Gasteiger partial charge in [0.25, 0.3) is 0 Å². The zero-order valence-electron chi connectivity index (χ0n) is 17.2. The van der Waals surface area contributed by atoms with Crippen LogP contribution in [0.15, 0.2) is 48.6 Å². The lowest BCUT2D eigenvalue weighted by atomic mass is 9.83. The molecule has 0 aliphatic carbocycles. The second-order valence-corrected chi connectivity index (χ2v) is 10.1. The Morgan fingerprint density at radius 2 is 1.57 bits per heavy atom. The minimum Gasteiger partial charge on any atom is -0.507 e. The molecule has 0 fully saturated rings. The Balaban J connectivity index is 2.68. The van der Waals surface area contributed by atoms with Crippen LogP contribution in [-0.2, 0) is 16.7 Å². The average molecular weight is 408 g/mol. The summed E-state index contributed by atoms with van der Waals surface area (Å²) in [6.07, 6.45) is -0.688. The van der Waals surface area contributed by atoms with Crippen molar-refractivity contribution in [3.63, 3.8) is 0 Å². The van der Waals surface area contributed by atoms with Gasteiger partial charge < -0.3 is 5.11 Å². The molecular formula is C23H28F3OP. The molecule has 0 spiro atoms. The Labute approximate surface area is 167 Å². The Hall–Kier alpha value is -1.80. The average Bonchev–Trinajstić information content (AvgIpc) is 2.55. The zero-order chi connectivity index (χ0) is 21.3. The minimum atomic E-state index is -4.41. The van der Waals surface area contributed by atoms with Crippen LogP contribution in [0.2, 0.25) is 0 Å². The van der Waals surface area contributed by atoms with E-state index in [1.165, 1.54) is 12.1 Å². The maximum Gasteiger partial charge on any atom is 0.417 e. The second-order valence-electron chi connectivity index (χ2n) is 8.31. The SMILES string of the molecule is C/C=C/C(C)(Pc1ccccc1C(F)(F)F)c1cc(C(C)(C)C)cc(C)c1O. The number of aromatic hydroxyl groups is 1. The van der Waals surface area contributed by atoms with E-state index >= 15 is 0 Å². The summed E-state index contributed by atoms with van der Waals surface area (Å²) in [4.78, 5) is 0. The smallest absolute Gasteiger partial charge is 0.417 e. The maximum absolute atomic E-state index is 13.5. The molecule has 0 radical (unpaired) electrons. The molecule has 2 unspecified atom stereocenters. The van der Waals surface area contributed by atoms with Crippen LogP contribution < -0.4 is 5.30 Å². The van der Waals surface area contributed by atoms with Crippen molar-refractivity contribution in [1.29, 1.82) is 0 Å². The summed E-state index contributed by atoms with van der Waals surface area (Å²) in [6.45, 7) is 11.8. The number of aryl methyl sites for hydroxylation is 1. The van der Waals surface area contributed by atoms with E-state index in [-0.39, 0.29) is 25.0 Å². The van der Waals surface area contributed by atoms with Gasteiger partial charge in [-0.15, -0.1) is 0 Å². The molecule has 0 aliphatic rings. The van der Waals surface area contributed by atoms with E-state index in [0.29, 0.717) is 5.56 Å². The predicted octanol–water partition coefficient (Wildman–Crippen LogP) is 6.81. The van der Waals surface area contributed by atoms with Gasteiger partial charge in [-0.1, -0.05) is 71.8 Å². The van der Waals surface area contributed by atoms with Crippen LogP contribution in [-0.4, -0.2) is 5.11 Å². The van der Waals surface area contributed by atoms with Crippen LogP contribution in [0.5, 0.6) is 5.75 Å². The summed E-state index contributed by atoms with van der Waals surface area (Å²) in [5, 5.41) is 10.3. The fourth-order valence-corrected chi connectivity index (χ4v) is 4.93. The third kappa shape index (κ3) is 4.78. The first-order chi connectivity index (χ1) is 12.8. The van der Waals surface area contributed by atoms with Crippen LogP contribution in [0.1, 0.15) is 56.9 Å². The first kappa shape index (κ1) is 22.5. The second kappa shape index (κ2) is 7.91. The molecule has 1 nitrogen and oxygen atoms in total. The highest BCUT2D eigenvalue weighted by Gasteiger charge is 2.36. The normalized spacial score (nSPS) is 15.5. The molecule has 0 saturated carbocycles. The summed E-state index contributed by atoms with van der Waals surface area (Å²) >= 11 is 0. The first-order valence-corrected chi connectivity index (χ1v) is 10.2. The van der Waals surface area contributed by atoms with Crippen molar-refractivity contribution in [2.24, 2.45) is 0 Å². The van der Waals surface area contributed by atoms with Crippen molar-refractivity contribution in [2.45, 2.75) is 58.3 Å². The molecule has 2 aromatic carbocycles. The van der Waals surface area contributed by atoms with Gasteiger partial charge in [-0.3, -0.25) is 0 Å². The number of allylic oxidation sites excluding steroid dienone is 2. The van der Waals surface area contributed by atoms with E-state index in [4.69, 9.17) is 0 Å². The van der Waals surface area contributed by atoms with E-state index in [2.05, 4.69) is 20.8 Å². The maximum atomic E-state index is 13.5. The van der Waals surface area contributed by atoms with Crippen LogP contribution in [0.25, 0.3) is 0 Å². The molecule has 152 valence electrons. The third-order valence-corrected chi connectivity index (χ3v) is 6.51. The molecule has 0 aromatic heterocycles. The molecule has 0 amide bonds. The number of hydrogen-bond acceptors (Lipinski definition) is 1. The van der Waals surface area contributed by atoms with Gasteiger partial charge in [0.15, 0.2) is 0 Å². The predicted molar refractivity (Wildman–Crippen MR) is 113 cm³/mol. The van der Waals surface area contributed by atoms with E-state index in [1.807, 2.05) is 45.1 Å². The first-order valence-electron chi connectivity index (χ1n) is 9.22. The van der Waals surface area contributed by atoms with E-state index in [1.54, 1.807) is 6.07 Å². The van der Waals surface area contributed by atoms with Crippen LogP contribution in [0.3, 0.4) is 0 Å². The Kier molecular flexibility index (Phi) is 6.35. The molecular weight excluding hydrogens is 380 g/mol. The molecule has 0 saturated heterocycles. The van der Waals surface area contributed by atoms with Gasteiger partial charge in [0.05, 0.1) is 5.56 Å². The summed E-state index contributed by atoms with van der Waals surface area (Å²) in [6, 6.07) is 9.57. The molecule has 28 heavy (non-hydrogen) atoms.